The van der Waals surface area contributed by atoms with Gasteiger partial charge in [0, 0.05) is 58.2 Å². The number of hydrogen-bond donors (Lipinski definition) is 1. The summed E-state index contributed by atoms with van der Waals surface area (Å²) in [5, 5.41) is 3.39. The normalized spacial score (nSPS) is 22.0. The molecule has 6 nitrogen and oxygen atoms in total. The molecule has 0 spiro atoms. The standard InChI is InChI=1S/C17H27N5O.2ClH/c1-2-20-8-10-21(11-9-20)14-17(23)22-7-6-19-13-16(22)15-4-3-5-18-12-15;;/h3-5,12,16,19H,2,6-11,13-14H2,1H3;2*1H. The van der Waals surface area contributed by atoms with Crippen LogP contribution in [0.15, 0.2) is 24.5 Å². The number of halogens is 2. The third kappa shape index (κ3) is 5.79. The average Bonchev–Trinajstić information content (AvgIpc) is 2.63. The summed E-state index contributed by atoms with van der Waals surface area (Å²) in [5.74, 6) is 0.241. The number of nitrogens with one attached hydrogen (secondary N) is 1. The van der Waals surface area contributed by atoms with Crippen molar-refractivity contribution in [2.45, 2.75) is 13.0 Å². The van der Waals surface area contributed by atoms with E-state index in [9.17, 15) is 4.79 Å². The van der Waals surface area contributed by atoms with Gasteiger partial charge in [0.15, 0.2) is 0 Å². The van der Waals surface area contributed by atoms with Gasteiger partial charge in [-0.3, -0.25) is 14.7 Å². The fourth-order valence-electron chi connectivity index (χ4n) is 3.42. The Morgan fingerprint density at radius 1 is 1.20 bits per heavy atom. The molecule has 142 valence electrons. The van der Waals surface area contributed by atoms with Crippen LogP contribution in [0.25, 0.3) is 0 Å². The second-order valence-electron chi connectivity index (χ2n) is 6.30. The molecule has 0 aliphatic carbocycles. The molecule has 2 fully saturated rings. The number of piperazine rings is 2. The van der Waals surface area contributed by atoms with Crippen LogP contribution < -0.4 is 5.32 Å². The van der Waals surface area contributed by atoms with Gasteiger partial charge in [0.25, 0.3) is 0 Å². The highest BCUT2D eigenvalue weighted by Crippen LogP contribution is 2.21. The minimum atomic E-state index is 0. The fourth-order valence-corrected chi connectivity index (χ4v) is 3.42. The van der Waals surface area contributed by atoms with Crippen molar-refractivity contribution in [1.29, 1.82) is 0 Å². The molecule has 2 aliphatic rings. The summed E-state index contributed by atoms with van der Waals surface area (Å²) >= 11 is 0. The van der Waals surface area contributed by atoms with E-state index in [1.54, 1.807) is 6.20 Å². The number of hydrogen-bond acceptors (Lipinski definition) is 5. The fraction of sp³-hybridized carbons (Fsp3) is 0.647. The lowest BCUT2D eigenvalue weighted by atomic mass is 10.1. The first-order valence-corrected chi connectivity index (χ1v) is 8.62. The zero-order valence-corrected chi connectivity index (χ0v) is 16.4. The first-order valence-electron chi connectivity index (χ1n) is 8.62. The van der Waals surface area contributed by atoms with E-state index in [2.05, 4.69) is 33.1 Å². The predicted octanol–water partition coefficient (Wildman–Crippen LogP) is 1.04. The summed E-state index contributed by atoms with van der Waals surface area (Å²) in [6, 6.07) is 4.10. The van der Waals surface area contributed by atoms with Crippen molar-refractivity contribution < 1.29 is 4.79 Å². The third-order valence-electron chi connectivity index (χ3n) is 4.90. The van der Waals surface area contributed by atoms with Crippen molar-refractivity contribution in [3.05, 3.63) is 30.1 Å². The predicted molar refractivity (Wildman–Crippen MR) is 105 cm³/mol. The van der Waals surface area contributed by atoms with Gasteiger partial charge < -0.3 is 15.1 Å². The average molecular weight is 390 g/mol. The van der Waals surface area contributed by atoms with Crippen molar-refractivity contribution in [3.8, 4) is 0 Å². The number of amides is 1. The quantitative estimate of drug-likeness (QED) is 0.833. The maximum atomic E-state index is 12.8. The SMILES string of the molecule is CCN1CCN(CC(=O)N2CCNCC2c2cccnc2)CC1.Cl.Cl. The number of carbonyl (C=O) groups excluding carboxylic acids is 1. The number of aromatic nitrogens is 1. The van der Waals surface area contributed by atoms with Crippen molar-refractivity contribution in [2.24, 2.45) is 0 Å². The number of rotatable bonds is 4. The smallest absolute Gasteiger partial charge is 0.237 e. The Bertz CT molecular complexity index is 511. The highest BCUT2D eigenvalue weighted by atomic mass is 35.5. The maximum Gasteiger partial charge on any atom is 0.237 e. The summed E-state index contributed by atoms with van der Waals surface area (Å²) in [4.78, 5) is 23.8. The molecule has 25 heavy (non-hydrogen) atoms. The Labute approximate surface area is 162 Å². The Kier molecular flexibility index (Phi) is 9.67. The van der Waals surface area contributed by atoms with Crippen molar-refractivity contribution in [3.63, 3.8) is 0 Å². The van der Waals surface area contributed by atoms with Crippen molar-refractivity contribution >= 4 is 30.7 Å². The second kappa shape index (κ2) is 10.9. The Balaban J connectivity index is 0.00000156. The molecule has 1 amide bonds. The van der Waals surface area contributed by atoms with Gasteiger partial charge in [-0.1, -0.05) is 13.0 Å². The summed E-state index contributed by atoms with van der Waals surface area (Å²) in [6.07, 6.45) is 3.65. The summed E-state index contributed by atoms with van der Waals surface area (Å²) < 4.78 is 0. The van der Waals surface area contributed by atoms with E-state index in [0.29, 0.717) is 6.54 Å². The minimum Gasteiger partial charge on any atom is -0.332 e. The van der Waals surface area contributed by atoms with Crippen LogP contribution in [-0.4, -0.2) is 84.5 Å². The zero-order valence-electron chi connectivity index (χ0n) is 14.8. The molecule has 3 rings (SSSR count). The first-order chi connectivity index (χ1) is 11.3. The Morgan fingerprint density at radius 3 is 2.56 bits per heavy atom. The van der Waals surface area contributed by atoms with Gasteiger partial charge in [-0.05, 0) is 18.2 Å². The van der Waals surface area contributed by atoms with Gasteiger partial charge in [0.05, 0.1) is 12.6 Å². The van der Waals surface area contributed by atoms with Crippen LogP contribution in [-0.2, 0) is 4.79 Å². The molecule has 2 saturated heterocycles. The van der Waals surface area contributed by atoms with Crippen LogP contribution in [0, 0.1) is 0 Å². The number of pyridine rings is 1. The van der Waals surface area contributed by atoms with Crippen LogP contribution in [0.5, 0.6) is 0 Å². The summed E-state index contributed by atoms with van der Waals surface area (Å²) in [5.41, 5.74) is 1.11. The van der Waals surface area contributed by atoms with E-state index in [1.807, 2.05) is 17.2 Å². The molecular weight excluding hydrogens is 361 g/mol. The van der Waals surface area contributed by atoms with Crippen molar-refractivity contribution in [1.82, 2.24) is 25.0 Å². The Hall–Kier alpha value is -0.920. The Morgan fingerprint density at radius 2 is 1.92 bits per heavy atom. The van der Waals surface area contributed by atoms with E-state index in [-0.39, 0.29) is 36.8 Å². The third-order valence-corrected chi connectivity index (χ3v) is 4.90. The van der Waals surface area contributed by atoms with E-state index < -0.39 is 0 Å². The maximum absolute atomic E-state index is 12.8. The van der Waals surface area contributed by atoms with Crippen LogP contribution in [0.2, 0.25) is 0 Å². The zero-order chi connectivity index (χ0) is 16.1. The lowest BCUT2D eigenvalue weighted by Gasteiger charge is -2.39. The van der Waals surface area contributed by atoms with E-state index >= 15 is 0 Å². The largest absolute Gasteiger partial charge is 0.332 e. The van der Waals surface area contributed by atoms with Gasteiger partial charge in [0.2, 0.25) is 5.91 Å². The summed E-state index contributed by atoms with van der Waals surface area (Å²) in [6.45, 7) is 10.4. The second-order valence-corrected chi connectivity index (χ2v) is 6.30. The monoisotopic (exact) mass is 389 g/mol. The first kappa shape index (κ1) is 22.1. The topological polar surface area (TPSA) is 51.7 Å². The molecule has 1 N–H and O–H groups in total. The van der Waals surface area contributed by atoms with Gasteiger partial charge in [-0.25, -0.2) is 0 Å². The highest BCUT2D eigenvalue weighted by Gasteiger charge is 2.29. The summed E-state index contributed by atoms with van der Waals surface area (Å²) in [7, 11) is 0. The number of likely N-dealkylation sites (N-methyl/N-ethyl adjacent to an activating group) is 1. The van der Waals surface area contributed by atoms with Gasteiger partial charge in [-0.2, -0.15) is 0 Å². The molecule has 1 atom stereocenters. The molecule has 1 unspecified atom stereocenters. The highest BCUT2D eigenvalue weighted by molar-refractivity contribution is 5.85. The molecule has 2 aliphatic heterocycles. The molecule has 3 heterocycles. The minimum absolute atomic E-state index is 0. The molecule has 0 aromatic carbocycles. The molecule has 1 aromatic rings. The van der Waals surface area contributed by atoms with Gasteiger partial charge in [-0.15, -0.1) is 24.8 Å². The van der Waals surface area contributed by atoms with E-state index in [4.69, 9.17) is 0 Å². The number of carbonyl (C=O) groups is 1. The molecule has 1 aromatic heterocycles. The van der Waals surface area contributed by atoms with Crippen LogP contribution >= 0.6 is 24.8 Å². The molecule has 0 saturated carbocycles. The van der Waals surface area contributed by atoms with E-state index in [1.165, 1.54) is 0 Å². The molecule has 0 bridgehead atoms. The van der Waals surface area contributed by atoms with Gasteiger partial charge >= 0.3 is 0 Å². The molecule has 8 heteroatoms. The van der Waals surface area contributed by atoms with Crippen LogP contribution in [0.1, 0.15) is 18.5 Å². The number of nitrogens with zero attached hydrogens (tertiary/aromatic N) is 4. The van der Waals surface area contributed by atoms with Crippen LogP contribution in [0.3, 0.4) is 0 Å². The molecule has 0 radical (unpaired) electrons. The van der Waals surface area contributed by atoms with Crippen LogP contribution in [0.4, 0.5) is 0 Å². The molecular formula is C17H29Cl2N5O. The lowest BCUT2D eigenvalue weighted by Crippen LogP contribution is -2.54. The van der Waals surface area contributed by atoms with E-state index in [0.717, 1.165) is 57.9 Å². The lowest BCUT2D eigenvalue weighted by molar-refractivity contribution is -0.136. The van der Waals surface area contributed by atoms with Gasteiger partial charge in [0.1, 0.15) is 0 Å². The van der Waals surface area contributed by atoms with Crippen molar-refractivity contribution in [2.75, 3.05) is 58.9 Å².